The van der Waals surface area contributed by atoms with Crippen molar-refractivity contribution in [3.63, 3.8) is 0 Å². The maximum absolute atomic E-state index is 10.9. The summed E-state index contributed by atoms with van der Waals surface area (Å²) in [5.41, 5.74) is 0.901. The molecule has 1 amide bonds. The monoisotopic (exact) mass is 314 g/mol. The van der Waals surface area contributed by atoms with E-state index in [1.165, 1.54) is 0 Å². The molecule has 0 atom stereocenters. The molecule has 0 saturated carbocycles. The van der Waals surface area contributed by atoms with Crippen molar-refractivity contribution in [3.8, 4) is 0 Å². The molecule has 1 heterocycles. The quantitative estimate of drug-likeness (QED) is 0.522. The van der Waals surface area contributed by atoms with Crippen molar-refractivity contribution in [2.45, 2.75) is 26.8 Å². The summed E-state index contributed by atoms with van der Waals surface area (Å²) in [4.78, 5) is 10.9. The Morgan fingerprint density at radius 3 is 2.36 bits per heavy atom. The lowest BCUT2D eigenvalue weighted by atomic mass is 10.4. The highest BCUT2D eigenvalue weighted by Gasteiger charge is 1.97. The standard InChI is InChI=1S/C14H26N4O4/c1-3-14(19)15-4-6-20-8-10-22-11-9-21-7-5-18-12-13(2)16-17-18/h12H,3-11H2,1-2H3,(H,15,19). The normalized spacial score (nSPS) is 10.8. The molecule has 0 aliphatic rings. The molecule has 0 aliphatic heterocycles. The first kappa shape index (κ1) is 18.5. The molecule has 22 heavy (non-hydrogen) atoms. The van der Waals surface area contributed by atoms with E-state index < -0.39 is 0 Å². The van der Waals surface area contributed by atoms with Crippen LogP contribution in [0.15, 0.2) is 6.20 Å². The number of nitrogens with one attached hydrogen (secondary N) is 1. The molecule has 1 rings (SSSR count). The third-order valence-corrected chi connectivity index (χ3v) is 2.75. The third-order valence-electron chi connectivity index (χ3n) is 2.75. The molecule has 8 heteroatoms. The zero-order valence-electron chi connectivity index (χ0n) is 13.4. The smallest absolute Gasteiger partial charge is 0.219 e. The van der Waals surface area contributed by atoms with Crippen molar-refractivity contribution in [1.82, 2.24) is 20.3 Å². The van der Waals surface area contributed by atoms with Crippen molar-refractivity contribution in [1.29, 1.82) is 0 Å². The minimum absolute atomic E-state index is 0.0399. The molecule has 126 valence electrons. The summed E-state index contributed by atoms with van der Waals surface area (Å²) in [6, 6.07) is 0. The molecule has 0 radical (unpaired) electrons. The average Bonchev–Trinajstić information content (AvgIpc) is 2.93. The van der Waals surface area contributed by atoms with E-state index in [4.69, 9.17) is 14.2 Å². The van der Waals surface area contributed by atoms with E-state index in [-0.39, 0.29) is 5.91 Å². The first-order valence-corrected chi connectivity index (χ1v) is 7.59. The van der Waals surface area contributed by atoms with Gasteiger partial charge in [-0.1, -0.05) is 12.1 Å². The fourth-order valence-corrected chi connectivity index (χ4v) is 1.59. The minimum atomic E-state index is 0.0399. The molecular formula is C14H26N4O4. The number of hydrogen-bond acceptors (Lipinski definition) is 6. The van der Waals surface area contributed by atoms with Crippen molar-refractivity contribution in [2.24, 2.45) is 0 Å². The van der Waals surface area contributed by atoms with Gasteiger partial charge in [0.1, 0.15) is 0 Å². The van der Waals surface area contributed by atoms with Gasteiger partial charge in [-0.2, -0.15) is 0 Å². The van der Waals surface area contributed by atoms with Crippen LogP contribution in [0.2, 0.25) is 0 Å². The van der Waals surface area contributed by atoms with Gasteiger partial charge in [-0.15, -0.1) is 5.10 Å². The lowest BCUT2D eigenvalue weighted by molar-refractivity contribution is -0.121. The maximum atomic E-state index is 10.9. The van der Waals surface area contributed by atoms with E-state index in [0.29, 0.717) is 59.2 Å². The molecular weight excluding hydrogens is 288 g/mol. The van der Waals surface area contributed by atoms with E-state index in [2.05, 4.69) is 15.6 Å². The van der Waals surface area contributed by atoms with Crippen LogP contribution in [0.1, 0.15) is 19.0 Å². The van der Waals surface area contributed by atoms with Gasteiger partial charge in [0.05, 0.1) is 51.9 Å². The highest BCUT2D eigenvalue weighted by molar-refractivity contribution is 5.75. The lowest BCUT2D eigenvalue weighted by Gasteiger charge is -2.07. The Bertz CT molecular complexity index is 411. The predicted octanol–water partition coefficient (Wildman–Crippen LogP) is 0.163. The van der Waals surface area contributed by atoms with Crippen molar-refractivity contribution < 1.29 is 19.0 Å². The van der Waals surface area contributed by atoms with Crippen LogP contribution in [-0.2, 0) is 25.5 Å². The second-order valence-electron chi connectivity index (χ2n) is 4.66. The van der Waals surface area contributed by atoms with Crippen molar-refractivity contribution in [2.75, 3.05) is 46.2 Å². The van der Waals surface area contributed by atoms with Gasteiger partial charge < -0.3 is 19.5 Å². The minimum Gasteiger partial charge on any atom is -0.377 e. The number of aryl methyl sites for hydroxylation is 1. The van der Waals surface area contributed by atoms with Crippen LogP contribution in [0, 0.1) is 6.92 Å². The van der Waals surface area contributed by atoms with Gasteiger partial charge in [0.2, 0.25) is 5.91 Å². The summed E-state index contributed by atoms with van der Waals surface area (Å²) in [5.74, 6) is 0.0399. The number of ether oxygens (including phenoxy) is 3. The van der Waals surface area contributed by atoms with Crippen LogP contribution in [0.25, 0.3) is 0 Å². The molecule has 0 spiro atoms. The first-order chi connectivity index (χ1) is 10.7. The van der Waals surface area contributed by atoms with Crippen molar-refractivity contribution in [3.05, 3.63) is 11.9 Å². The Kier molecular flexibility index (Phi) is 10.2. The molecule has 0 saturated heterocycles. The van der Waals surface area contributed by atoms with E-state index in [1.807, 2.05) is 20.0 Å². The Hall–Kier alpha value is -1.51. The van der Waals surface area contributed by atoms with Crippen LogP contribution < -0.4 is 5.32 Å². The van der Waals surface area contributed by atoms with Crippen LogP contribution in [-0.4, -0.2) is 67.1 Å². The summed E-state index contributed by atoms with van der Waals surface area (Å²) in [6.45, 7) is 8.14. The second kappa shape index (κ2) is 12.1. The Morgan fingerprint density at radius 1 is 1.14 bits per heavy atom. The summed E-state index contributed by atoms with van der Waals surface area (Å²) < 4.78 is 17.9. The number of amides is 1. The molecule has 0 fully saturated rings. The second-order valence-corrected chi connectivity index (χ2v) is 4.66. The molecule has 1 aromatic rings. The summed E-state index contributed by atoms with van der Waals surface area (Å²) in [6.07, 6.45) is 2.37. The fraction of sp³-hybridized carbons (Fsp3) is 0.786. The van der Waals surface area contributed by atoms with Crippen LogP contribution in [0.4, 0.5) is 0 Å². The largest absolute Gasteiger partial charge is 0.377 e. The summed E-state index contributed by atoms with van der Waals surface area (Å²) >= 11 is 0. The number of hydrogen-bond donors (Lipinski definition) is 1. The average molecular weight is 314 g/mol. The van der Waals surface area contributed by atoms with Gasteiger partial charge in [-0.25, -0.2) is 4.68 Å². The molecule has 8 nitrogen and oxygen atoms in total. The third kappa shape index (κ3) is 9.43. The van der Waals surface area contributed by atoms with Crippen molar-refractivity contribution >= 4 is 5.91 Å². The van der Waals surface area contributed by atoms with E-state index in [9.17, 15) is 4.79 Å². The summed E-state index contributed by atoms with van der Waals surface area (Å²) in [5, 5.41) is 10.6. The number of carbonyl (C=O) groups is 1. The SMILES string of the molecule is CCC(=O)NCCOCCOCCOCCn1cc(C)nn1. The van der Waals surface area contributed by atoms with Crippen LogP contribution in [0.3, 0.4) is 0 Å². The summed E-state index contributed by atoms with van der Waals surface area (Å²) in [7, 11) is 0. The molecule has 0 unspecified atom stereocenters. The molecule has 0 bridgehead atoms. The predicted molar refractivity (Wildman–Crippen MR) is 80.5 cm³/mol. The lowest BCUT2D eigenvalue weighted by Crippen LogP contribution is -2.26. The van der Waals surface area contributed by atoms with Gasteiger partial charge in [0.25, 0.3) is 0 Å². The van der Waals surface area contributed by atoms with Crippen LogP contribution in [0.5, 0.6) is 0 Å². The number of nitrogens with zero attached hydrogens (tertiary/aromatic N) is 3. The molecule has 1 aromatic heterocycles. The van der Waals surface area contributed by atoms with Gasteiger partial charge in [-0.3, -0.25) is 4.79 Å². The van der Waals surface area contributed by atoms with Crippen LogP contribution >= 0.6 is 0 Å². The van der Waals surface area contributed by atoms with E-state index in [0.717, 1.165) is 5.69 Å². The van der Waals surface area contributed by atoms with Gasteiger partial charge in [0.15, 0.2) is 0 Å². The zero-order valence-corrected chi connectivity index (χ0v) is 13.4. The topological polar surface area (TPSA) is 87.5 Å². The molecule has 0 aliphatic carbocycles. The van der Waals surface area contributed by atoms with Gasteiger partial charge in [0, 0.05) is 19.2 Å². The van der Waals surface area contributed by atoms with E-state index >= 15 is 0 Å². The highest BCUT2D eigenvalue weighted by atomic mass is 16.5. The Morgan fingerprint density at radius 2 is 1.77 bits per heavy atom. The highest BCUT2D eigenvalue weighted by Crippen LogP contribution is 1.89. The molecule has 0 aromatic carbocycles. The fourth-order valence-electron chi connectivity index (χ4n) is 1.59. The van der Waals surface area contributed by atoms with Gasteiger partial charge >= 0.3 is 0 Å². The number of rotatable bonds is 13. The Balaban J connectivity index is 1.77. The van der Waals surface area contributed by atoms with E-state index in [1.54, 1.807) is 4.68 Å². The van der Waals surface area contributed by atoms with Gasteiger partial charge in [-0.05, 0) is 6.92 Å². The number of aromatic nitrogens is 3. The zero-order chi connectivity index (χ0) is 16.0. The molecule has 1 N–H and O–H groups in total. The Labute approximate surface area is 131 Å². The first-order valence-electron chi connectivity index (χ1n) is 7.59. The maximum Gasteiger partial charge on any atom is 0.219 e. The number of carbonyl (C=O) groups excluding carboxylic acids is 1.